The number of hydrogen-bond donors (Lipinski definition) is 2. The minimum atomic E-state index is 0.432. The zero-order valence-corrected chi connectivity index (χ0v) is 13.0. The van der Waals surface area contributed by atoms with Gasteiger partial charge in [0.25, 0.3) is 0 Å². The van der Waals surface area contributed by atoms with Crippen molar-refractivity contribution in [3.63, 3.8) is 0 Å². The molecule has 0 aliphatic heterocycles. The average molecular weight is 293 g/mol. The molecule has 2 atom stereocenters. The number of benzene rings is 2. The molecule has 0 radical (unpaired) electrons. The van der Waals surface area contributed by atoms with Crippen molar-refractivity contribution in [3.05, 3.63) is 71.3 Å². The summed E-state index contributed by atoms with van der Waals surface area (Å²) in [6.45, 7) is 2.90. The highest BCUT2D eigenvalue weighted by atomic mass is 15.1. The average Bonchev–Trinajstić information content (AvgIpc) is 3.27. The molecule has 2 unspecified atom stereocenters. The van der Waals surface area contributed by atoms with Crippen LogP contribution in [0.15, 0.2) is 59.6 Å². The molecular formula is C19H23N3. The Kier molecular flexibility index (Phi) is 4.42. The van der Waals surface area contributed by atoms with E-state index in [-0.39, 0.29) is 0 Å². The van der Waals surface area contributed by atoms with Crippen LogP contribution >= 0.6 is 0 Å². The first-order valence-electron chi connectivity index (χ1n) is 7.90. The van der Waals surface area contributed by atoms with Gasteiger partial charge in [0.05, 0.1) is 0 Å². The second kappa shape index (κ2) is 6.65. The van der Waals surface area contributed by atoms with Gasteiger partial charge in [0, 0.05) is 18.5 Å². The van der Waals surface area contributed by atoms with E-state index in [1.807, 2.05) is 6.07 Å². The number of aryl methyl sites for hydroxylation is 1. The van der Waals surface area contributed by atoms with Gasteiger partial charge in [-0.05, 0) is 36.5 Å². The zero-order valence-electron chi connectivity index (χ0n) is 13.0. The highest BCUT2D eigenvalue weighted by Gasteiger charge is 2.39. The van der Waals surface area contributed by atoms with Crippen LogP contribution in [-0.4, -0.2) is 18.5 Å². The van der Waals surface area contributed by atoms with E-state index in [0.717, 1.165) is 19.4 Å². The van der Waals surface area contributed by atoms with E-state index in [1.54, 1.807) is 0 Å². The molecule has 0 spiro atoms. The lowest BCUT2D eigenvalue weighted by molar-refractivity contribution is 0.840. The Hall–Kier alpha value is -2.29. The standard InChI is InChI=1S/C19H23N3/c1-14-7-5-6-10-16(14)17-13-18(17)22-19(20)21-12-11-15-8-3-2-4-9-15/h2-10,17-18H,11-13H2,1H3,(H3,20,21,22). The van der Waals surface area contributed by atoms with Crippen molar-refractivity contribution in [2.24, 2.45) is 10.7 Å². The summed E-state index contributed by atoms with van der Waals surface area (Å²) in [6, 6.07) is 19.4. The topological polar surface area (TPSA) is 50.4 Å². The quantitative estimate of drug-likeness (QED) is 0.657. The molecule has 0 saturated heterocycles. The molecule has 22 heavy (non-hydrogen) atoms. The molecule has 3 N–H and O–H groups in total. The van der Waals surface area contributed by atoms with Gasteiger partial charge in [0.2, 0.25) is 0 Å². The molecule has 114 valence electrons. The number of guanidine groups is 1. The first kappa shape index (κ1) is 14.6. The van der Waals surface area contributed by atoms with Crippen LogP contribution in [-0.2, 0) is 6.42 Å². The normalized spacial score (nSPS) is 20.7. The van der Waals surface area contributed by atoms with Gasteiger partial charge in [0.15, 0.2) is 5.96 Å². The van der Waals surface area contributed by atoms with Crippen LogP contribution < -0.4 is 11.1 Å². The van der Waals surface area contributed by atoms with Crippen LogP contribution in [0.1, 0.15) is 29.0 Å². The Morgan fingerprint density at radius 3 is 2.64 bits per heavy atom. The minimum Gasteiger partial charge on any atom is -0.370 e. The molecule has 0 aromatic heterocycles. The summed E-state index contributed by atoms with van der Waals surface area (Å²) in [6.07, 6.45) is 2.06. The van der Waals surface area contributed by atoms with Crippen molar-refractivity contribution in [1.29, 1.82) is 0 Å². The van der Waals surface area contributed by atoms with Crippen LogP contribution in [0.2, 0.25) is 0 Å². The van der Waals surface area contributed by atoms with Crippen molar-refractivity contribution >= 4 is 5.96 Å². The highest BCUT2D eigenvalue weighted by molar-refractivity contribution is 5.78. The number of nitrogens with zero attached hydrogens (tertiary/aromatic N) is 1. The fourth-order valence-corrected chi connectivity index (χ4v) is 2.89. The SMILES string of the molecule is Cc1ccccc1C1CC1NC(N)=NCCc1ccccc1. The van der Waals surface area contributed by atoms with Crippen molar-refractivity contribution in [2.45, 2.75) is 31.7 Å². The number of nitrogens with one attached hydrogen (secondary N) is 1. The second-order valence-electron chi connectivity index (χ2n) is 5.95. The molecular weight excluding hydrogens is 270 g/mol. The van der Waals surface area contributed by atoms with Crippen molar-refractivity contribution in [3.8, 4) is 0 Å². The number of nitrogens with two attached hydrogens (primary N) is 1. The van der Waals surface area contributed by atoms with Crippen molar-refractivity contribution < 1.29 is 0 Å². The molecule has 3 nitrogen and oxygen atoms in total. The third-order valence-corrected chi connectivity index (χ3v) is 4.24. The summed E-state index contributed by atoms with van der Waals surface area (Å²) in [5.74, 6) is 1.14. The van der Waals surface area contributed by atoms with Crippen LogP contribution in [0.3, 0.4) is 0 Å². The Bertz CT molecular complexity index is 649. The van der Waals surface area contributed by atoms with Crippen LogP contribution in [0.5, 0.6) is 0 Å². The summed E-state index contributed by atoms with van der Waals surface area (Å²) < 4.78 is 0. The molecule has 1 saturated carbocycles. The highest BCUT2D eigenvalue weighted by Crippen LogP contribution is 2.41. The largest absolute Gasteiger partial charge is 0.370 e. The molecule has 2 aromatic carbocycles. The Balaban J connectivity index is 1.48. The van der Waals surface area contributed by atoms with E-state index in [2.05, 4.69) is 65.8 Å². The summed E-state index contributed by atoms with van der Waals surface area (Å²) in [4.78, 5) is 4.43. The molecule has 1 fully saturated rings. The molecule has 3 heteroatoms. The van der Waals surface area contributed by atoms with Crippen molar-refractivity contribution in [1.82, 2.24) is 5.32 Å². The van der Waals surface area contributed by atoms with E-state index in [9.17, 15) is 0 Å². The molecule has 2 aromatic rings. The van der Waals surface area contributed by atoms with E-state index in [4.69, 9.17) is 5.73 Å². The van der Waals surface area contributed by atoms with Gasteiger partial charge in [-0.1, -0.05) is 54.6 Å². The lowest BCUT2D eigenvalue weighted by Gasteiger charge is -2.07. The summed E-state index contributed by atoms with van der Waals surface area (Å²) in [7, 11) is 0. The summed E-state index contributed by atoms with van der Waals surface area (Å²) in [5.41, 5.74) is 10.1. The Labute approximate surface area is 132 Å². The smallest absolute Gasteiger partial charge is 0.188 e. The summed E-state index contributed by atoms with van der Waals surface area (Å²) in [5, 5.41) is 3.34. The predicted molar refractivity (Wildman–Crippen MR) is 92.1 cm³/mol. The van der Waals surface area contributed by atoms with Crippen LogP contribution in [0, 0.1) is 6.92 Å². The van der Waals surface area contributed by atoms with E-state index in [1.165, 1.54) is 16.7 Å². The number of aliphatic imine (C=N–C) groups is 1. The molecule has 0 heterocycles. The van der Waals surface area contributed by atoms with Gasteiger partial charge in [0.1, 0.15) is 0 Å². The van der Waals surface area contributed by atoms with Crippen molar-refractivity contribution in [2.75, 3.05) is 6.54 Å². The lowest BCUT2D eigenvalue weighted by Crippen LogP contribution is -2.34. The fourth-order valence-electron chi connectivity index (χ4n) is 2.89. The van der Waals surface area contributed by atoms with Gasteiger partial charge in [-0.2, -0.15) is 0 Å². The van der Waals surface area contributed by atoms with E-state index >= 15 is 0 Å². The predicted octanol–water partition coefficient (Wildman–Crippen LogP) is 3.00. The summed E-state index contributed by atoms with van der Waals surface area (Å²) >= 11 is 0. The third-order valence-electron chi connectivity index (χ3n) is 4.24. The first-order valence-corrected chi connectivity index (χ1v) is 7.90. The van der Waals surface area contributed by atoms with Gasteiger partial charge in [-0.15, -0.1) is 0 Å². The molecule has 1 aliphatic rings. The molecule has 3 rings (SSSR count). The lowest BCUT2D eigenvalue weighted by atomic mass is 10.0. The van der Waals surface area contributed by atoms with Gasteiger partial charge >= 0.3 is 0 Å². The Morgan fingerprint density at radius 1 is 1.14 bits per heavy atom. The van der Waals surface area contributed by atoms with Crippen LogP contribution in [0.25, 0.3) is 0 Å². The fraction of sp³-hybridized carbons (Fsp3) is 0.316. The van der Waals surface area contributed by atoms with Crippen LogP contribution in [0.4, 0.5) is 0 Å². The molecule has 0 bridgehead atoms. The maximum atomic E-state index is 6.00. The van der Waals surface area contributed by atoms with Gasteiger partial charge < -0.3 is 11.1 Å². The minimum absolute atomic E-state index is 0.432. The first-order chi connectivity index (χ1) is 10.7. The number of rotatable bonds is 5. The van der Waals surface area contributed by atoms with E-state index in [0.29, 0.717) is 17.9 Å². The van der Waals surface area contributed by atoms with E-state index < -0.39 is 0 Å². The second-order valence-corrected chi connectivity index (χ2v) is 5.95. The monoisotopic (exact) mass is 293 g/mol. The van der Waals surface area contributed by atoms with Gasteiger partial charge in [-0.25, -0.2) is 0 Å². The molecule has 1 aliphatic carbocycles. The number of hydrogen-bond acceptors (Lipinski definition) is 1. The zero-order chi connectivity index (χ0) is 15.4. The van der Waals surface area contributed by atoms with Gasteiger partial charge in [-0.3, -0.25) is 4.99 Å². The Morgan fingerprint density at radius 2 is 1.86 bits per heavy atom. The maximum absolute atomic E-state index is 6.00. The maximum Gasteiger partial charge on any atom is 0.188 e. The third kappa shape index (κ3) is 3.67. The molecule has 0 amide bonds.